The summed E-state index contributed by atoms with van der Waals surface area (Å²) in [5, 5.41) is 24.9. The first kappa shape index (κ1) is 12.2. The van der Waals surface area contributed by atoms with Gasteiger partial charge in [-0.3, -0.25) is 10.1 Å². The van der Waals surface area contributed by atoms with Gasteiger partial charge < -0.3 is 16.2 Å². The SMILES string of the molecule is Nc1ccsc1CNc1ccc(O)cc1[N+](=O)[O-]. The minimum absolute atomic E-state index is 0.136. The first-order chi connectivity index (χ1) is 8.58. The molecule has 2 aromatic rings. The number of aromatic hydroxyl groups is 1. The van der Waals surface area contributed by atoms with Crippen LogP contribution in [0.2, 0.25) is 0 Å². The monoisotopic (exact) mass is 265 g/mol. The first-order valence-corrected chi connectivity index (χ1v) is 5.99. The van der Waals surface area contributed by atoms with Crippen LogP contribution in [0, 0.1) is 10.1 Å². The number of anilines is 2. The van der Waals surface area contributed by atoms with Gasteiger partial charge >= 0.3 is 0 Å². The Balaban J connectivity index is 2.19. The van der Waals surface area contributed by atoms with Crippen LogP contribution in [0.4, 0.5) is 17.1 Å². The van der Waals surface area contributed by atoms with E-state index in [4.69, 9.17) is 5.73 Å². The molecule has 0 unspecified atom stereocenters. The highest BCUT2D eigenvalue weighted by atomic mass is 32.1. The number of nitro groups is 1. The maximum atomic E-state index is 10.8. The van der Waals surface area contributed by atoms with Crippen molar-refractivity contribution in [2.24, 2.45) is 0 Å². The molecule has 4 N–H and O–H groups in total. The standard InChI is InChI=1S/C11H11N3O3S/c12-8-3-4-18-11(8)6-13-9-2-1-7(15)5-10(9)14(16)17/h1-5,13,15H,6,12H2. The fraction of sp³-hybridized carbons (Fsp3) is 0.0909. The van der Waals surface area contributed by atoms with E-state index in [-0.39, 0.29) is 11.4 Å². The molecule has 1 heterocycles. The molecule has 0 amide bonds. The lowest BCUT2D eigenvalue weighted by Gasteiger charge is -2.06. The number of hydrogen-bond acceptors (Lipinski definition) is 6. The van der Waals surface area contributed by atoms with Crippen LogP contribution in [0.5, 0.6) is 5.75 Å². The molecule has 0 saturated carbocycles. The molecule has 0 aliphatic heterocycles. The number of nitrogens with one attached hydrogen (secondary N) is 1. The summed E-state index contributed by atoms with van der Waals surface area (Å²) >= 11 is 1.48. The summed E-state index contributed by atoms with van der Waals surface area (Å²) < 4.78 is 0. The van der Waals surface area contributed by atoms with E-state index in [1.807, 2.05) is 5.38 Å². The van der Waals surface area contributed by atoms with Gasteiger partial charge in [-0.05, 0) is 23.6 Å². The lowest BCUT2D eigenvalue weighted by atomic mass is 10.2. The molecular weight excluding hydrogens is 254 g/mol. The maximum absolute atomic E-state index is 10.8. The number of nitrogen functional groups attached to an aromatic ring is 1. The van der Waals surface area contributed by atoms with Gasteiger partial charge in [0.2, 0.25) is 0 Å². The lowest BCUT2D eigenvalue weighted by Crippen LogP contribution is -2.02. The molecule has 0 radical (unpaired) electrons. The van der Waals surface area contributed by atoms with Gasteiger partial charge in [-0.25, -0.2) is 0 Å². The Labute approximate surface area is 107 Å². The third-order valence-electron chi connectivity index (χ3n) is 2.40. The van der Waals surface area contributed by atoms with Crippen molar-refractivity contribution in [3.63, 3.8) is 0 Å². The van der Waals surface area contributed by atoms with E-state index in [1.54, 1.807) is 6.07 Å². The summed E-state index contributed by atoms with van der Waals surface area (Å²) in [5.74, 6) is -0.136. The molecule has 0 atom stereocenters. The molecule has 94 valence electrons. The second-order valence-electron chi connectivity index (χ2n) is 3.61. The van der Waals surface area contributed by atoms with Crippen molar-refractivity contribution in [2.45, 2.75) is 6.54 Å². The van der Waals surface area contributed by atoms with Gasteiger partial charge in [-0.15, -0.1) is 11.3 Å². The third kappa shape index (κ3) is 2.51. The number of rotatable bonds is 4. The molecular formula is C11H11N3O3S. The van der Waals surface area contributed by atoms with Crippen LogP contribution >= 0.6 is 11.3 Å². The van der Waals surface area contributed by atoms with Crippen molar-refractivity contribution in [1.29, 1.82) is 0 Å². The minimum atomic E-state index is -0.542. The quantitative estimate of drug-likeness (QED) is 0.448. The number of hydrogen-bond donors (Lipinski definition) is 3. The van der Waals surface area contributed by atoms with Gasteiger partial charge in [0.05, 0.1) is 17.5 Å². The Morgan fingerprint density at radius 2 is 2.22 bits per heavy atom. The summed E-state index contributed by atoms with van der Waals surface area (Å²) in [6.07, 6.45) is 0. The summed E-state index contributed by atoms with van der Waals surface area (Å²) in [5.41, 5.74) is 6.57. The molecule has 0 saturated heterocycles. The second kappa shape index (κ2) is 4.92. The van der Waals surface area contributed by atoms with Crippen molar-refractivity contribution in [1.82, 2.24) is 0 Å². The fourth-order valence-corrected chi connectivity index (χ4v) is 2.23. The van der Waals surface area contributed by atoms with Crippen molar-refractivity contribution < 1.29 is 10.0 Å². The van der Waals surface area contributed by atoms with Gasteiger partial charge in [-0.2, -0.15) is 0 Å². The highest BCUT2D eigenvalue weighted by Gasteiger charge is 2.14. The number of phenols is 1. The van der Waals surface area contributed by atoms with Gasteiger partial charge in [0.1, 0.15) is 11.4 Å². The summed E-state index contributed by atoms with van der Waals surface area (Å²) in [6, 6.07) is 5.76. The van der Waals surface area contributed by atoms with E-state index < -0.39 is 4.92 Å². The van der Waals surface area contributed by atoms with Crippen LogP contribution < -0.4 is 11.1 Å². The molecule has 1 aromatic heterocycles. The molecule has 7 heteroatoms. The van der Waals surface area contributed by atoms with E-state index in [1.165, 1.54) is 23.5 Å². The van der Waals surface area contributed by atoms with E-state index in [0.29, 0.717) is 17.9 Å². The van der Waals surface area contributed by atoms with Gasteiger partial charge in [0.25, 0.3) is 5.69 Å². The Morgan fingerprint density at radius 3 is 2.83 bits per heavy atom. The van der Waals surface area contributed by atoms with Crippen LogP contribution in [0.3, 0.4) is 0 Å². The number of nitro benzene ring substituents is 1. The normalized spacial score (nSPS) is 10.2. The molecule has 2 rings (SSSR count). The number of nitrogens with zero attached hydrogens (tertiary/aromatic N) is 1. The Bertz CT molecular complexity index is 583. The smallest absolute Gasteiger partial charge is 0.296 e. The highest BCUT2D eigenvalue weighted by molar-refractivity contribution is 7.10. The Hall–Kier alpha value is -2.28. The van der Waals surface area contributed by atoms with Gasteiger partial charge in [-0.1, -0.05) is 0 Å². The average Bonchev–Trinajstić information content (AvgIpc) is 2.73. The molecule has 1 aromatic carbocycles. The van der Waals surface area contributed by atoms with Crippen LogP contribution in [-0.4, -0.2) is 10.0 Å². The molecule has 0 bridgehead atoms. The number of thiophene rings is 1. The molecule has 0 fully saturated rings. The largest absolute Gasteiger partial charge is 0.508 e. The minimum Gasteiger partial charge on any atom is -0.508 e. The summed E-state index contributed by atoms with van der Waals surface area (Å²) in [7, 11) is 0. The van der Waals surface area contributed by atoms with Crippen molar-refractivity contribution in [2.75, 3.05) is 11.1 Å². The zero-order chi connectivity index (χ0) is 13.1. The van der Waals surface area contributed by atoms with Crippen molar-refractivity contribution in [3.05, 3.63) is 44.6 Å². The second-order valence-corrected chi connectivity index (χ2v) is 4.61. The number of benzene rings is 1. The van der Waals surface area contributed by atoms with E-state index in [2.05, 4.69) is 5.32 Å². The molecule has 18 heavy (non-hydrogen) atoms. The van der Waals surface area contributed by atoms with Crippen LogP contribution in [0.1, 0.15) is 4.88 Å². The zero-order valence-electron chi connectivity index (χ0n) is 9.29. The number of nitrogens with two attached hydrogens (primary N) is 1. The summed E-state index contributed by atoms with van der Waals surface area (Å²) in [4.78, 5) is 11.2. The first-order valence-electron chi connectivity index (χ1n) is 5.11. The number of phenolic OH excluding ortho intramolecular Hbond substituents is 1. The Kier molecular flexibility index (Phi) is 3.33. The Morgan fingerprint density at radius 1 is 1.44 bits per heavy atom. The molecule has 0 aliphatic carbocycles. The molecule has 0 aliphatic rings. The highest BCUT2D eigenvalue weighted by Crippen LogP contribution is 2.29. The summed E-state index contributed by atoms with van der Waals surface area (Å²) in [6.45, 7) is 0.412. The van der Waals surface area contributed by atoms with Crippen molar-refractivity contribution >= 4 is 28.4 Å². The van der Waals surface area contributed by atoms with Crippen LogP contribution in [0.25, 0.3) is 0 Å². The lowest BCUT2D eigenvalue weighted by molar-refractivity contribution is -0.384. The van der Waals surface area contributed by atoms with E-state index in [9.17, 15) is 15.2 Å². The van der Waals surface area contributed by atoms with E-state index >= 15 is 0 Å². The molecule has 0 spiro atoms. The average molecular weight is 265 g/mol. The predicted octanol–water partition coefficient (Wildman–Crippen LogP) is 2.56. The fourth-order valence-electron chi connectivity index (χ4n) is 1.49. The zero-order valence-corrected chi connectivity index (χ0v) is 10.1. The van der Waals surface area contributed by atoms with E-state index in [0.717, 1.165) is 10.9 Å². The maximum Gasteiger partial charge on any atom is 0.296 e. The van der Waals surface area contributed by atoms with Gasteiger partial charge in [0.15, 0.2) is 0 Å². The topological polar surface area (TPSA) is 101 Å². The van der Waals surface area contributed by atoms with Crippen molar-refractivity contribution in [3.8, 4) is 5.75 Å². The molecule has 6 nitrogen and oxygen atoms in total. The van der Waals surface area contributed by atoms with Gasteiger partial charge in [0, 0.05) is 10.6 Å². The third-order valence-corrected chi connectivity index (χ3v) is 3.33. The van der Waals surface area contributed by atoms with Crippen LogP contribution in [-0.2, 0) is 6.54 Å². The predicted molar refractivity (Wildman–Crippen MR) is 70.8 cm³/mol. The van der Waals surface area contributed by atoms with Crippen LogP contribution in [0.15, 0.2) is 29.6 Å².